The molecule has 15 aliphatic rings. The summed E-state index contributed by atoms with van der Waals surface area (Å²) in [6, 6.07) is 47.3. The number of carbonyl (C=O) groups excluding carboxylic acids is 2. The zero-order valence-corrected chi connectivity index (χ0v) is 76.4. The summed E-state index contributed by atoms with van der Waals surface area (Å²) in [6.45, 7) is 19.3. The lowest BCUT2D eigenvalue weighted by Crippen LogP contribution is -2.54. The first kappa shape index (κ1) is 86.5. The Hall–Kier alpha value is -8.40. The molecule has 3 heterocycles. The number of carbonyl (C=O) groups is 3. The molecule has 120 heavy (non-hydrogen) atoms. The summed E-state index contributed by atoms with van der Waals surface area (Å²) in [4.78, 5) is 41.1. The maximum absolute atomic E-state index is 14.0. The highest BCUT2D eigenvalue weighted by atomic mass is 28.3. The van der Waals surface area contributed by atoms with Crippen molar-refractivity contribution < 1.29 is 33.7 Å². The van der Waals surface area contributed by atoms with E-state index in [2.05, 4.69) is 211 Å². The predicted octanol–water partition coefficient (Wildman–Crippen LogP) is 22.6. The highest BCUT2D eigenvalue weighted by Crippen LogP contribution is 2.60. The Balaban J connectivity index is 0.000000134. The molecule has 12 fully saturated rings. The molecule has 15 heteroatoms. The van der Waals surface area contributed by atoms with Crippen LogP contribution in [-0.4, -0.2) is 105 Å². The fourth-order valence-electron chi connectivity index (χ4n) is 25.7. The van der Waals surface area contributed by atoms with Crippen LogP contribution in [0.25, 0.3) is 0 Å². The van der Waals surface area contributed by atoms with Gasteiger partial charge in [-0.1, -0.05) is 153 Å². The van der Waals surface area contributed by atoms with Crippen LogP contribution in [0, 0.1) is 88.5 Å². The Morgan fingerprint density at radius 1 is 0.433 bits per heavy atom. The highest BCUT2D eigenvalue weighted by Gasteiger charge is 2.54. The van der Waals surface area contributed by atoms with Gasteiger partial charge in [0, 0.05) is 57.7 Å². The summed E-state index contributed by atoms with van der Waals surface area (Å²) in [5.41, 5.74) is 22.1. The van der Waals surface area contributed by atoms with Crippen molar-refractivity contribution in [2.24, 2.45) is 53.3 Å². The molecule has 638 valence electrons. The standard InChI is InChI=1S/C36H48N2O2Si.C33H40N2O2.C30H40N2O.C6H10O2Si/c1-6-7-8-31-20-29-21-32(40-2)13-14-33(29)35(38(31)34(39)15-16-41(3,4)5)28-9-11-30(12-10-28)37-36-22-25-17-26(23-36)19-27(18-25)24-36;1-4-6-7-28-17-26-18-29(37-3)12-13-30(26)32(35(28)31(36)5-2)25-8-10-27(11-9-25)34-33-19-22-14-23(20-33)16-24(15-22)21-33;1-3-4-5-26-15-24-16-27(33-2)10-11-28(24)29(31-26)23-6-8-25(9-7-23)32-30-17-20-12-21(18-30)14-22(13-20)19-30;1-9(2,3)5-4-6(7)8/h9-14,21,25-27,31,35,37H,6-8,17-20,22-24H2,1-5H3;2,8-13,18,22-24,28,32,34H,4,6-7,14-17,19-21H2,1,3H3;6-11,16,20-22,26,29,31-32H,3-5,12-15,17-19H2,1-2H3;1-3H3,(H,7,8)/t25?,26?,27?,31-,35-,36?;22?,23?,24?,28-,32-,33?;20?,21?,22?,26-,29?,30?;/m000./s1. The third-order valence-electron chi connectivity index (χ3n) is 29.5. The summed E-state index contributed by atoms with van der Waals surface area (Å²) in [5, 5.41) is 24.2. The first-order chi connectivity index (χ1) is 57.7. The van der Waals surface area contributed by atoms with Crippen molar-refractivity contribution in [1.29, 1.82) is 0 Å². The van der Waals surface area contributed by atoms with Gasteiger partial charge in [0.2, 0.25) is 0 Å². The third kappa shape index (κ3) is 20.3. The van der Waals surface area contributed by atoms with Gasteiger partial charge in [-0.15, -0.1) is 17.5 Å². The molecule has 6 aromatic carbocycles. The van der Waals surface area contributed by atoms with Crippen LogP contribution in [0.2, 0.25) is 39.3 Å². The molecule has 6 aromatic rings. The number of nitrogens with one attached hydrogen (secondary N) is 4. The number of carboxylic acid groups (broad SMARTS) is 1. The summed E-state index contributed by atoms with van der Waals surface area (Å²) in [5.74, 6) is 17.5. The predicted molar refractivity (Wildman–Crippen MR) is 494 cm³/mol. The molecule has 6 atom stereocenters. The minimum Gasteiger partial charge on any atom is -0.497 e. The SMILES string of the molecule is C#CC(=O)N1[C@@H](CCCC)Cc2cc(OC)ccc2[C@@H]1c1ccc(NC23CC4CC(CC(C4)C2)C3)cc1.CCCC[C@H]1Cc2cc(OC)ccc2C(c2ccc(NC34CC5CC(CC(C5)C3)C4)cc2)N1.CCCC[C@H]1Cc2cc(OC)ccc2[C@H](c2ccc(NC34CC5CC(CC(C5)C3)C4)cc2)N1C(=O)C#C[Si](C)(C)C.C[Si](C)(C)C#CC(=O)O. The summed E-state index contributed by atoms with van der Waals surface area (Å²) >= 11 is 0. The zero-order valence-electron chi connectivity index (χ0n) is 74.4. The normalized spacial score (nSPS) is 30.0. The van der Waals surface area contributed by atoms with Crippen molar-refractivity contribution >= 4 is 51.0 Å². The molecule has 1 unspecified atom stereocenters. The molecule has 2 amide bonds. The van der Waals surface area contributed by atoms with Gasteiger partial charge in [0.25, 0.3) is 11.8 Å². The van der Waals surface area contributed by atoms with Gasteiger partial charge in [-0.25, -0.2) is 4.79 Å². The van der Waals surface area contributed by atoms with Crippen LogP contribution in [-0.2, 0) is 33.6 Å². The molecule has 21 rings (SSSR count). The largest absolute Gasteiger partial charge is 0.497 e. The number of nitrogens with zero attached hydrogens (tertiary/aromatic N) is 2. The van der Waals surface area contributed by atoms with E-state index in [4.69, 9.17) is 25.7 Å². The van der Waals surface area contributed by atoms with Crippen molar-refractivity contribution in [3.05, 3.63) is 177 Å². The molecule has 13 nitrogen and oxygen atoms in total. The lowest BCUT2D eigenvalue weighted by molar-refractivity contribution is -0.131. The second kappa shape index (κ2) is 37.0. The summed E-state index contributed by atoms with van der Waals surface area (Å²) < 4.78 is 16.7. The minimum atomic E-state index is -1.69. The smallest absolute Gasteiger partial charge is 0.381 e. The van der Waals surface area contributed by atoms with Gasteiger partial charge in [0.05, 0.1) is 39.5 Å². The molecule has 0 radical (unpaired) electrons. The average Bonchev–Trinajstić information content (AvgIpc) is 0.758. The molecule has 0 aromatic heterocycles. The van der Waals surface area contributed by atoms with E-state index in [9.17, 15) is 14.4 Å². The van der Waals surface area contributed by atoms with Gasteiger partial charge < -0.3 is 50.4 Å². The zero-order chi connectivity index (χ0) is 84.3. The Morgan fingerprint density at radius 3 is 1.07 bits per heavy atom. The van der Waals surface area contributed by atoms with Gasteiger partial charge in [-0.3, -0.25) is 9.59 Å². The lowest BCUT2D eigenvalue weighted by Gasteiger charge is -2.57. The Morgan fingerprint density at radius 2 is 0.750 bits per heavy atom. The molecule has 3 aliphatic heterocycles. The van der Waals surface area contributed by atoms with E-state index in [1.165, 1.54) is 185 Å². The number of amides is 2. The molecule has 12 aliphatic carbocycles. The number of rotatable bonds is 21. The van der Waals surface area contributed by atoms with E-state index in [0.717, 1.165) is 145 Å². The quantitative estimate of drug-likeness (QED) is 0.0346. The van der Waals surface area contributed by atoms with Gasteiger partial charge in [-0.05, 0) is 342 Å². The number of hydrogen-bond donors (Lipinski definition) is 5. The molecular formula is C105H138N6O7Si2. The second-order valence-electron chi connectivity index (χ2n) is 41.4. The van der Waals surface area contributed by atoms with Gasteiger partial charge in [-0.2, -0.15) is 0 Å². The monoisotopic (exact) mass is 1650 g/mol. The Bertz CT molecular complexity index is 4670. The van der Waals surface area contributed by atoms with E-state index < -0.39 is 22.1 Å². The molecule has 5 N–H and O–H groups in total. The number of carboxylic acids is 1. The molecule has 12 bridgehead atoms. The number of aliphatic carboxylic acids is 1. The second-order valence-corrected chi connectivity index (χ2v) is 50.9. The molecule has 12 saturated carbocycles. The van der Waals surface area contributed by atoms with E-state index in [0.29, 0.717) is 11.6 Å². The lowest BCUT2D eigenvalue weighted by atomic mass is 9.53. The van der Waals surface area contributed by atoms with E-state index >= 15 is 0 Å². The van der Waals surface area contributed by atoms with Crippen molar-refractivity contribution in [2.45, 2.75) is 306 Å². The first-order valence-electron chi connectivity index (χ1n) is 46.5. The van der Waals surface area contributed by atoms with Crippen molar-refractivity contribution in [1.82, 2.24) is 15.1 Å². The number of terminal acetylenes is 1. The van der Waals surface area contributed by atoms with E-state index in [1.54, 1.807) is 21.3 Å². The van der Waals surface area contributed by atoms with Crippen LogP contribution >= 0.6 is 0 Å². The van der Waals surface area contributed by atoms with Crippen molar-refractivity contribution in [3.8, 4) is 52.5 Å². The average molecular weight is 1650 g/mol. The maximum Gasteiger partial charge on any atom is 0.381 e. The Kier molecular flexibility index (Phi) is 26.7. The van der Waals surface area contributed by atoms with E-state index in [1.807, 2.05) is 36.7 Å². The number of ether oxygens (including phenoxy) is 3. The van der Waals surface area contributed by atoms with Crippen molar-refractivity contribution in [2.75, 3.05) is 37.3 Å². The fraction of sp³-hybridized carbons (Fsp3) is 0.571. The van der Waals surface area contributed by atoms with Crippen LogP contribution in [0.15, 0.2) is 127 Å². The number of benzene rings is 6. The van der Waals surface area contributed by atoms with Gasteiger partial charge >= 0.3 is 5.97 Å². The van der Waals surface area contributed by atoms with Crippen LogP contribution in [0.1, 0.15) is 262 Å². The Labute approximate surface area is 721 Å². The topological polar surface area (TPSA) is 154 Å². The summed E-state index contributed by atoms with van der Waals surface area (Å²) in [6.07, 6.45) is 43.8. The van der Waals surface area contributed by atoms with Crippen molar-refractivity contribution in [3.63, 3.8) is 0 Å². The van der Waals surface area contributed by atoms with Gasteiger partial charge in [0.15, 0.2) is 0 Å². The van der Waals surface area contributed by atoms with Crippen LogP contribution < -0.4 is 35.5 Å². The van der Waals surface area contributed by atoms with Crippen LogP contribution in [0.3, 0.4) is 0 Å². The van der Waals surface area contributed by atoms with E-state index in [-0.39, 0.29) is 53.1 Å². The number of hydrogen-bond acceptors (Lipinski definition) is 10. The van der Waals surface area contributed by atoms with Crippen LogP contribution in [0.4, 0.5) is 17.1 Å². The number of anilines is 3. The first-order valence-corrected chi connectivity index (χ1v) is 53.5. The molecule has 0 saturated heterocycles. The number of methoxy groups -OCH3 is 3. The van der Waals surface area contributed by atoms with Gasteiger partial charge in [0.1, 0.15) is 33.4 Å². The van der Waals surface area contributed by atoms with Crippen LogP contribution in [0.5, 0.6) is 17.2 Å². The highest BCUT2D eigenvalue weighted by molar-refractivity contribution is 6.84. The summed E-state index contributed by atoms with van der Waals surface area (Å²) in [7, 11) is 2.05. The molecular weight excluding hydrogens is 1510 g/mol. The third-order valence-corrected chi connectivity index (χ3v) is 31.2. The maximum atomic E-state index is 14.0. The number of unbranched alkanes of at least 4 members (excludes halogenated alkanes) is 3. The number of fused-ring (bicyclic) bond motifs is 3. The molecule has 0 spiro atoms. The fourth-order valence-corrected chi connectivity index (χ4v) is 26.6. The minimum absolute atomic E-state index is 0.0317.